The van der Waals surface area contributed by atoms with Crippen LogP contribution in [0.2, 0.25) is 0 Å². The molecule has 1 atom stereocenters. The average molecular weight is 1480 g/mol. The van der Waals surface area contributed by atoms with Crippen molar-refractivity contribution in [1.82, 2.24) is 19.5 Å². The van der Waals surface area contributed by atoms with Gasteiger partial charge in [0.15, 0.2) is 11.7 Å². The summed E-state index contributed by atoms with van der Waals surface area (Å²) >= 11 is 0. The first-order valence-corrected chi connectivity index (χ1v) is 38.5. The third kappa shape index (κ3) is 19.5. The van der Waals surface area contributed by atoms with Crippen molar-refractivity contribution in [3.8, 4) is 11.1 Å². The summed E-state index contributed by atoms with van der Waals surface area (Å²) < 4.78 is 16.5. The van der Waals surface area contributed by atoms with Crippen LogP contribution in [-0.4, -0.2) is 25.4 Å². The maximum Gasteiger partial charge on any atom is 0.175 e. The molecule has 0 saturated heterocycles. The number of nitrogens with two attached hydrogens (primary N) is 1. The summed E-state index contributed by atoms with van der Waals surface area (Å²) in [4.78, 5) is 16.7. The predicted molar refractivity (Wildman–Crippen MR) is 428 cm³/mol. The molecule has 0 fully saturated rings. The molecule has 0 spiro atoms. The van der Waals surface area contributed by atoms with E-state index in [2.05, 4.69) is 384 Å². The summed E-state index contributed by atoms with van der Waals surface area (Å²) in [6.45, 7) is 2.33. The third-order valence-corrected chi connectivity index (χ3v) is 26.2. The molecule has 1 aliphatic heterocycles. The molecule has 2 N–H and O–H groups in total. The van der Waals surface area contributed by atoms with Gasteiger partial charge in [-0.15, -0.1) is 0 Å². The van der Waals surface area contributed by atoms with E-state index < -0.39 is 37.2 Å². The Balaban J connectivity index is 0.000000127. The van der Waals surface area contributed by atoms with E-state index in [1.165, 1.54) is 76.0 Å². The van der Waals surface area contributed by atoms with Gasteiger partial charge in [-0.05, 0) is 120 Å². The fourth-order valence-corrected chi connectivity index (χ4v) is 21.0. The van der Waals surface area contributed by atoms with E-state index in [0.29, 0.717) is 23.8 Å². The molecule has 0 radical (unpaired) electrons. The maximum atomic E-state index is 14.6. The molecule has 15 aromatic rings. The molecule has 13 aromatic carbocycles. The number of imidazole rings is 1. The van der Waals surface area contributed by atoms with Crippen LogP contribution >= 0.6 is 31.7 Å². The molecule has 12 heteroatoms. The SMILES string of the molecule is C[C@@]1(c2cc(-c3cncnc3)ccc2F)Cn2ccnc2C(N)=N1.[Pd].c1ccc(P(c2ccccc2)c2ccccc2)cc1.c1ccc(P(c2ccccc2)c2ccccc2)cc1.c1ccc(P(c2ccccc2)c2ccccc2)cc1.c1ccc(P(c2ccccc2)c2ccccc2)cc1. The standard InChI is InChI=1S/4C18H15P.C17H15FN6.Pd/c4*1-4-10-16(11-5-1)19(17-12-6-2-7-13-17)18-14-8-3-9-15-18;1-17(9-24-5-4-22-16(24)15(19)23-17)13-6-11(2-3-14(13)18)12-7-20-10-21-8-12;/h4*1-15H;2-8,10H,9H2,1H3,(H2,19,23);/t;;;;17-;/m....0./s1. The monoisotopic (exact) mass is 1480 g/mol. The zero-order valence-electron chi connectivity index (χ0n) is 55.8. The Morgan fingerprint density at radius 1 is 0.337 bits per heavy atom. The van der Waals surface area contributed by atoms with E-state index in [-0.39, 0.29) is 26.2 Å². The summed E-state index contributed by atoms with van der Waals surface area (Å²) in [7, 11) is -1.78. The maximum absolute atomic E-state index is 14.6. The molecule has 2 aromatic heterocycles. The van der Waals surface area contributed by atoms with Gasteiger partial charge in [-0.1, -0.05) is 370 Å². The fraction of sp³-hybridized carbons (Fsp3) is 0.0337. The molecule has 16 rings (SSSR count). The van der Waals surface area contributed by atoms with Crippen molar-refractivity contribution in [3.05, 3.63) is 431 Å². The number of aliphatic imine (C=N–C) groups is 1. The van der Waals surface area contributed by atoms with E-state index >= 15 is 0 Å². The first kappa shape index (κ1) is 72.2. The van der Waals surface area contributed by atoms with Crippen LogP contribution in [-0.2, 0) is 32.5 Å². The molecule has 0 aliphatic carbocycles. The molecular weight excluding hydrogens is 1400 g/mol. The molecule has 101 heavy (non-hydrogen) atoms. The second kappa shape index (κ2) is 37.4. The number of nitrogens with zero attached hydrogens (tertiary/aromatic N) is 5. The third-order valence-electron chi connectivity index (χ3n) is 16.4. The Hall–Kier alpha value is -10.1. The summed E-state index contributed by atoms with van der Waals surface area (Å²) in [5, 5.41) is 16.8. The van der Waals surface area contributed by atoms with Crippen LogP contribution in [0.3, 0.4) is 0 Å². The van der Waals surface area contributed by atoms with Crippen LogP contribution in [0.5, 0.6) is 0 Å². The number of benzene rings is 13. The van der Waals surface area contributed by atoms with Gasteiger partial charge in [0.05, 0.1) is 6.54 Å². The van der Waals surface area contributed by atoms with Crippen molar-refractivity contribution in [2.45, 2.75) is 19.0 Å². The molecule has 3 heterocycles. The van der Waals surface area contributed by atoms with Crippen molar-refractivity contribution in [2.24, 2.45) is 10.7 Å². The van der Waals surface area contributed by atoms with Gasteiger partial charge in [-0.2, -0.15) is 0 Å². The van der Waals surface area contributed by atoms with Gasteiger partial charge in [0.25, 0.3) is 0 Å². The largest absolute Gasteiger partial charge is 0.381 e. The minimum atomic E-state index is -0.812. The van der Waals surface area contributed by atoms with Crippen molar-refractivity contribution in [3.63, 3.8) is 0 Å². The van der Waals surface area contributed by atoms with Crippen LogP contribution in [0.4, 0.5) is 4.39 Å². The van der Waals surface area contributed by atoms with Crippen LogP contribution in [0.1, 0.15) is 18.3 Å². The Morgan fingerprint density at radius 2 is 0.574 bits per heavy atom. The zero-order valence-corrected chi connectivity index (χ0v) is 60.9. The van der Waals surface area contributed by atoms with Gasteiger partial charge in [0.1, 0.15) is 17.7 Å². The smallest absolute Gasteiger partial charge is 0.175 e. The van der Waals surface area contributed by atoms with Gasteiger partial charge >= 0.3 is 0 Å². The number of rotatable bonds is 14. The summed E-state index contributed by atoms with van der Waals surface area (Å²) in [6, 6.07) is 134. The minimum Gasteiger partial charge on any atom is -0.381 e. The molecular formula is C89H75FN6P4Pd. The van der Waals surface area contributed by atoms with E-state index in [1.807, 2.05) is 17.7 Å². The van der Waals surface area contributed by atoms with Crippen molar-refractivity contribution < 1.29 is 24.8 Å². The zero-order chi connectivity index (χ0) is 68.4. The van der Waals surface area contributed by atoms with Crippen LogP contribution < -0.4 is 69.4 Å². The number of hydrogen-bond donors (Lipinski definition) is 1. The Kier molecular flexibility index (Phi) is 26.7. The van der Waals surface area contributed by atoms with E-state index in [9.17, 15) is 4.39 Å². The number of aromatic nitrogens is 4. The second-order valence-corrected chi connectivity index (χ2v) is 32.2. The van der Waals surface area contributed by atoms with Gasteiger partial charge in [0, 0.05) is 56.3 Å². The number of hydrogen-bond acceptors (Lipinski definition) is 5. The van der Waals surface area contributed by atoms with Crippen molar-refractivity contribution >= 4 is 101 Å². The Labute approximate surface area is 612 Å². The Morgan fingerprint density at radius 3 is 0.812 bits per heavy atom. The molecule has 0 bridgehead atoms. The normalized spacial score (nSPS) is 12.6. The number of halogens is 1. The first-order valence-electron chi connectivity index (χ1n) is 33.1. The van der Waals surface area contributed by atoms with Gasteiger partial charge in [0.2, 0.25) is 0 Å². The van der Waals surface area contributed by atoms with Gasteiger partial charge in [-0.25, -0.2) is 19.3 Å². The second-order valence-electron chi connectivity index (χ2n) is 23.3. The van der Waals surface area contributed by atoms with E-state index in [4.69, 9.17) is 5.73 Å². The number of amidine groups is 1. The van der Waals surface area contributed by atoms with E-state index in [1.54, 1.807) is 30.7 Å². The molecule has 6 nitrogen and oxygen atoms in total. The number of fused-ring (bicyclic) bond motifs is 1. The summed E-state index contributed by atoms with van der Waals surface area (Å²) in [6.07, 6.45) is 8.33. The molecule has 0 saturated carbocycles. The van der Waals surface area contributed by atoms with Crippen LogP contribution in [0, 0.1) is 5.82 Å². The minimum absolute atomic E-state index is 0. The molecule has 0 unspecified atom stereocenters. The summed E-state index contributed by atoms with van der Waals surface area (Å²) in [5.74, 6) is 0.598. The average Bonchev–Trinajstić information content (AvgIpc) is 1.75. The molecule has 1 aliphatic rings. The Bertz CT molecular complexity index is 4030. The topological polar surface area (TPSA) is 82.0 Å². The van der Waals surface area contributed by atoms with Crippen LogP contribution in [0.15, 0.2) is 418 Å². The van der Waals surface area contributed by atoms with Gasteiger partial charge in [-0.3, -0.25) is 4.99 Å². The van der Waals surface area contributed by atoms with Gasteiger partial charge < -0.3 is 10.3 Å². The molecule has 498 valence electrons. The molecule has 0 amide bonds. The first-order chi connectivity index (χ1) is 49.4. The van der Waals surface area contributed by atoms with E-state index in [0.717, 1.165) is 11.1 Å². The fourth-order valence-electron chi connectivity index (χ4n) is 11.8. The quantitative estimate of drug-likeness (QED) is 0.0869. The predicted octanol–water partition coefficient (Wildman–Crippen LogP) is 15.9. The van der Waals surface area contributed by atoms with Crippen molar-refractivity contribution in [2.75, 3.05) is 0 Å². The summed E-state index contributed by atoms with van der Waals surface area (Å²) in [5.41, 5.74) is 7.34. The van der Waals surface area contributed by atoms with Crippen LogP contribution in [0.25, 0.3) is 11.1 Å². The van der Waals surface area contributed by atoms with Crippen molar-refractivity contribution in [1.29, 1.82) is 0 Å².